The third kappa shape index (κ3) is 4.99. The predicted octanol–water partition coefficient (Wildman–Crippen LogP) is 2.84. The Kier molecular flexibility index (Phi) is 6.97. The van der Waals surface area contributed by atoms with Crippen molar-refractivity contribution in [3.8, 4) is 0 Å². The highest BCUT2D eigenvalue weighted by molar-refractivity contribution is 7.71. The second-order valence-corrected chi connectivity index (χ2v) is 8.64. The van der Waals surface area contributed by atoms with Gasteiger partial charge < -0.3 is 19.9 Å². The van der Waals surface area contributed by atoms with Gasteiger partial charge in [0, 0.05) is 18.7 Å². The SMILES string of the molecule is O=C(NCCCN1CCCCC1)c1ccc2c(=O)n(C[C@H]3CCCO3)c(=S)[nH]c2c1. The average Bonchev–Trinajstić information content (AvgIpc) is 3.28. The van der Waals surface area contributed by atoms with Gasteiger partial charge in [0.05, 0.1) is 23.6 Å². The van der Waals surface area contributed by atoms with Gasteiger partial charge in [-0.1, -0.05) is 6.42 Å². The maximum atomic E-state index is 12.9. The molecule has 4 rings (SSSR count). The number of H-pyrrole nitrogens is 1. The van der Waals surface area contributed by atoms with Crippen LogP contribution in [-0.2, 0) is 11.3 Å². The Bertz CT molecular complexity index is 1000. The highest BCUT2D eigenvalue weighted by Gasteiger charge is 2.18. The molecule has 2 N–H and O–H groups in total. The standard InChI is InChI=1S/C22H30N4O3S/c27-20(23-9-5-12-25-10-2-1-3-11-25)16-7-8-18-19(14-16)24-22(30)26(21(18)28)15-17-6-4-13-29-17/h7-8,14,17H,1-6,9-13,15H2,(H,23,27)(H,24,30)/t17-/m1/s1. The minimum absolute atomic E-state index is 0.0326. The van der Waals surface area contributed by atoms with Gasteiger partial charge >= 0.3 is 0 Å². The molecule has 1 amide bonds. The molecule has 0 spiro atoms. The number of likely N-dealkylation sites (tertiary alicyclic amines) is 1. The smallest absolute Gasteiger partial charge is 0.262 e. The first-order valence-electron chi connectivity index (χ1n) is 11.0. The van der Waals surface area contributed by atoms with Crippen molar-refractivity contribution in [2.24, 2.45) is 0 Å². The fraction of sp³-hybridized carbons (Fsp3) is 0.591. The molecule has 0 unspecified atom stereocenters. The molecule has 162 valence electrons. The molecule has 2 aliphatic heterocycles. The van der Waals surface area contributed by atoms with E-state index in [1.165, 1.54) is 32.4 Å². The molecule has 0 aliphatic carbocycles. The number of carbonyl (C=O) groups excluding carboxylic acids is 1. The highest BCUT2D eigenvalue weighted by Crippen LogP contribution is 2.15. The number of hydrogen-bond acceptors (Lipinski definition) is 5. The van der Waals surface area contributed by atoms with Gasteiger partial charge in [0.2, 0.25) is 0 Å². The van der Waals surface area contributed by atoms with Crippen molar-refractivity contribution < 1.29 is 9.53 Å². The minimum Gasteiger partial charge on any atom is -0.376 e. The van der Waals surface area contributed by atoms with Crippen LogP contribution in [0, 0.1) is 4.77 Å². The topological polar surface area (TPSA) is 79.4 Å². The quantitative estimate of drug-likeness (QED) is 0.522. The number of carbonyl (C=O) groups is 1. The number of benzene rings is 1. The largest absolute Gasteiger partial charge is 0.376 e. The van der Waals surface area contributed by atoms with Crippen molar-refractivity contribution in [1.29, 1.82) is 0 Å². The molecular weight excluding hydrogens is 400 g/mol. The lowest BCUT2D eigenvalue weighted by atomic mass is 10.1. The summed E-state index contributed by atoms with van der Waals surface area (Å²) in [5, 5.41) is 3.52. The Balaban J connectivity index is 1.40. The van der Waals surface area contributed by atoms with Gasteiger partial charge in [0.15, 0.2) is 4.77 Å². The third-order valence-electron chi connectivity index (χ3n) is 6.04. The number of amides is 1. The van der Waals surface area contributed by atoms with E-state index in [0.29, 0.717) is 34.3 Å². The molecule has 8 heteroatoms. The first-order valence-corrected chi connectivity index (χ1v) is 11.4. The van der Waals surface area contributed by atoms with Crippen LogP contribution in [0.2, 0.25) is 0 Å². The molecule has 7 nitrogen and oxygen atoms in total. The van der Waals surface area contributed by atoms with Gasteiger partial charge in [0.25, 0.3) is 11.5 Å². The van der Waals surface area contributed by atoms with Crippen LogP contribution in [0.25, 0.3) is 10.9 Å². The van der Waals surface area contributed by atoms with E-state index in [2.05, 4.69) is 15.2 Å². The van der Waals surface area contributed by atoms with Gasteiger partial charge in [-0.25, -0.2) is 0 Å². The molecule has 2 aromatic rings. The fourth-order valence-electron chi connectivity index (χ4n) is 4.34. The molecule has 1 atom stereocenters. The summed E-state index contributed by atoms with van der Waals surface area (Å²) in [6.45, 7) is 5.20. The van der Waals surface area contributed by atoms with Crippen molar-refractivity contribution in [3.63, 3.8) is 0 Å². The first kappa shape index (κ1) is 21.2. The predicted molar refractivity (Wildman–Crippen MR) is 120 cm³/mol. The van der Waals surface area contributed by atoms with Crippen LogP contribution >= 0.6 is 12.2 Å². The van der Waals surface area contributed by atoms with Crippen LogP contribution in [0.5, 0.6) is 0 Å². The van der Waals surface area contributed by atoms with Crippen LogP contribution in [0.15, 0.2) is 23.0 Å². The Labute approximate surface area is 181 Å². The van der Waals surface area contributed by atoms with E-state index < -0.39 is 0 Å². The summed E-state index contributed by atoms with van der Waals surface area (Å²) in [5.74, 6) is -0.126. The number of piperidine rings is 1. The molecular formula is C22H30N4O3S. The maximum Gasteiger partial charge on any atom is 0.262 e. The fourth-order valence-corrected chi connectivity index (χ4v) is 4.61. The van der Waals surface area contributed by atoms with Crippen LogP contribution in [-0.4, -0.2) is 59.2 Å². The highest BCUT2D eigenvalue weighted by atomic mass is 32.1. The summed E-state index contributed by atoms with van der Waals surface area (Å²) >= 11 is 5.40. The van der Waals surface area contributed by atoms with Crippen molar-refractivity contribution >= 4 is 29.0 Å². The monoisotopic (exact) mass is 430 g/mol. The van der Waals surface area contributed by atoms with Crippen molar-refractivity contribution in [2.75, 3.05) is 32.8 Å². The van der Waals surface area contributed by atoms with E-state index in [1.54, 1.807) is 22.8 Å². The van der Waals surface area contributed by atoms with E-state index in [0.717, 1.165) is 32.4 Å². The molecule has 0 bridgehead atoms. The van der Waals surface area contributed by atoms with Crippen LogP contribution in [0.3, 0.4) is 0 Å². The summed E-state index contributed by atoms with van der Waals surface area (Å²) in [6, 6.07) is 5.12. The lowest BCUT2D eigenvalue weighted by Crippen LogP contribution is -2.33. The van der Waals surface area contributed by atoms with Crippen LogP contribution < -0.4 is 10.9 Å². The number of fused-ring (bicyclic) bond motifs is 1. The first-order chi connectivity index (χ1) is 14.6. The zero-order valence-electron chi connectivity index (χ0n) is 17.3. The van der Waals surface area contributed by atoms with E-state index in [4.69, 9.17) is 17.0 Å². The maximum absolute atomic E-state index is 12.9. The Morgan fingerprint density at radius 1 is 1.23 bits per heavy atom. The summed E-state index contributed by atoms with van der Waals surface area (Å²) < 4.78 is 7.57. The average molecular weight is 431 g/mol. The lowest BCUT2D eigenvalue weighted by molar-refractivity contribution is 0.0950. The molecule has 0 radical (unpaired) electrons. The summed E-state index contributed by atoms with van der Waals surface area (Å²) in [7, 11) is 0. The molecule has 1 aromatic heterocycles. The summed E-state index contributed by atoms with van der Waals surface area (Å²) in [5.41, 5.74) is 0.981. The molecule has 2 aliphatic rings. The third-order valence-corrected chi connectivity index (χ3v) is 6.36. The number of aromatic nitrogens is 2. The lowest BCUT2D eigenvalue weighted by Gasteiger charge is -2.26. The Morgan fingerprint density at radius 2 is 2.07 bits per heavy atom. The van der Waals surface area contributed by atoms with Gasteiger partial charge in [-0.05, 0) is 82.2 Å². The molecule has 1 aromatic carbocycles. The van der Waals surface area contributed by atoms with Crippen molar-refractivity contribution in [2.45, 2.75) is 51.2 Å². The summed E-state index contributed by atoms with van der Waals surface area (Å²) in [6.07, 6.45) is 6.81. The number of nitrogens with one attached hydrogen (secondary N) is 2. The second-order valence-electron chi connectivity index (χ2n) is 8.25. The van der Waals surface area contributed by atoms with E-state index in [1.807, 2.05) is 0 Å². The molecule has 2 saturated heterocycles. The number of rotatable bonds is 7. The van der Waals surface area contributed by atoms with Gasteiger partial charge in [-0.2, -0.15) is 0 Å². The normalized spacial score (nSPS) is 19.9. The van der Waals surface area contributed by atoms with Crippen LogP contribution in [0.1, 0.15) is 48.9 Å². The summed E-state index contributed by atoms with van der Waals surface area (Å²) in [4.78, 5) is 31.0. The van der Waals surface area contributed by atoms with Crippen molar-refractivity contribution in [1.82, 2.24) is 19.8 Å². The number of aromatic amines is 1. The minimum atomic E-state index is -0.141. The zero-order chi connectivity index (χ0) is 20.9. The molecule has 0 saturated carbocycles. The van der Waals surface area contributed by atoms with Gasteiger partial charge in [-0.3, -0.25) is 14.2 Å². The number of hydrogen-bond donors (Lipinski definition) is 2. The van der Waals surface area contributed by atoms with Crippen LogP contribution in [0.4, 0.5) is 0 Å². The van der Waals surface area contributed by atoms with E-state index in [-0.39, 0.29) is 17.6 Å². The van der Waals surface area contributed by atoms with Gasteiger partial charge in [-0.15, -0.1) is 0 Å². The van der Waals surface area contributed by atoms with E-state index in [9.17, 15) is 9.59 Å². The van der Waals surface area contributed by atoms with E-state index >= 15 is 0 Å². The second kappa shape index (κ2) is 9.85. The molecule has 3 heterocycles. The van der Waals surface area contributed by atoms with Crippen molar-refractivity contribution in [3.05, 3.63) is 38.9 Å². The zero-order valence-corrected chi connectivity index (χ0v) is 18.1. The van der Waals surface area contributed by atoms with Gasteiger partial charge in [0.1, 0.15) is 0 Å². The number of nitrogens with zero attached hydrogens (tertiary/aromatic N) is 2. The molecule has 30 heavy (non-hydrogen) atoms. The Hall–Kier alpha value is -2.03. The number of ether oxygens (including phenoxy) is 1. The Morgan fingerprint density at radius 3 is 2.83 bits per heavy atom. The molecule has 2 fully saturated rings.